The summed E-state index contributed by atoms with van der Waals surface area (Å²) in [6, 6.07) is 5.73. The summed E-state index contributed by atoms with van der Waals surface area (Å²) in [6.45, 7) is 8.45. The van der Waals surface area contributed by atoms with Crippen LogP contribution >= 0.6 is 11.3 Å². The fourth-order valence-electron chi connectivity index (χ4n) is 2.39. The number of ether oxygens (including phenoxy) is 2. The van der Waals surface area contributed by atoms with Crippen LogP contribution in [0.3, 0.4) is 0 Å². The Morgan fingerprint density at radius 2 is 2.14 bits per heavy atom. The summed E-state index contributed by atoms with van der Waals surface area (Å²) in [6.07, 6.45) is 5.28. The number of aliphatic imine (C=N–C) groups is 1. The minimum absolute atomic E-state index is 0.194. The number of thiazole rings is 1. The van der Waals surface area contributed by atoms with E-state index >= 15 is 0 Å². The predicted molar refractivity (Wildman–Crippen MR) is 115 cm³/mol. The molecule has 1 aromatic carbocycles. The number of hydrogen-bond donors (Lipinski definition) is 2. The maximum Gasteiger partial charge on any atom is 0.191 e. The fraction of sp³-hybridized carbons (Fsp3) is 0.429. The van der Waals surface area contributed by atoms with Gasteiger partial charge in [-0.25, -0.2) is 9.98 Å². The van der Waals surface area contributed by atoms with E-state index in [-0.39, 0.29) is 6.61 Å². The van der Waals surface area contributed by atoms with Crippen LogP contribution in [0.15, 0.2) is 28.6 Å². The maximum absolute atomic E-state index is 5.55. The van der Waals surface area contributed by atoms with E-state index in [9.17, 15) is 0 Å². The van der Waals surface area contributed by atoms with E-state index in [0.717, 1.165) is 28.8 Å². The van der Waals surface area contributed by atoms with Crippen molar-refractivity contribution in [1.82, 2.24) is 15.6 Å². The Balaban J connectivity index is 2.03. The molecule has 6 nitrogen and oxygen atoms in total. The predicted octanol–water partition coefficient (Wildman–Crippen LogP) is 3.54. The Labute approximate surface area is 171 Å². The summed E-state index contributed by atoms with van der Waals surface area (Å²) < 4.78 is 10.9. The SMILES string of the molecule is C#CCOc1cc(CN=C(NCC)NCc2nc(C(C)C)cs2)ccc1OC. The first-order chi connectivity index (χ1) is 13.6. The lowest BCUT2D eigenvalue weighted by Crippen LogP contribution is -2.36. The zero-order valence-electron chi connectivity index (χ0n) is 16.9. The van der Waals surface area contributed by atoms with Crippen LogP contribution < -0.4 is 20.1 Å². The van der Waals surface area contributed by atoms with Gasteiger partial charge in [-0.3, -0.25) is 0 Å². The van der Waals surface area contributed by atoms with Gasteiger partial charge in [0.05, 0.1) is 25.9 Å². The summed E-state index contributed by atoms with van der Waals surface area (Å²) >= 11 is 1.66. The van der Waals surface area contributed by atoms with Crippen molar-refractivity contribution in [1.29, 1.82) is 0 Å². The number of aromatic nitrogens is 1. The molecule has 1 aromatic heterocycles. The second-order valence-corrected chi connectivity index (χ2v) is 7.29. The number of methoxy groups -OCH3 is 1. The monoisotopic (exact) mass is 400 g/mol. The largest absolute Gasteiger partial charge is 0.493 e. The van der Waals surface area contributed by atoms with Gasteiger partial charge < -0.3 is 20.1 Å². The third-order valence-corrected chi connectivity index (χ3v) is 4.74. The van der Waals surface area contributed by atoms with Crippen LogP contribution in [0, 0.1) is 12.3 Å². The number of hydrogen-bond acceptors (Lipinski definition) is 5. The molecule has 1 heterocycles. The highest BCUT2D eigenvalue weighted by Gasteiger charge is 2.08. The van der Waals surface area contributed by atoms with Crippen LogP contribution in [0.5, 0.6) is 11.5 Å². The van der Waals surface area contributed by atoms with Crippen LogP contribution in [0.4, 0.5) is 0 Å². The number of rotatable bonds is 9. The molecule has 0 saturated carbocycles. The van der Waals surface area contributed by atoms with Crippen molar-refractivity contribution < 1.29 is 9.47 Å². The zero-order valence-corrected chi connectivity index (χ0v) is 17.7. The Hall–Kier alpha value is -2.72. The summed E-state index contributed by atoms with van der Waals surface area (Å²) in [7, 11) is 1.60. The second-order valence-electron chi connectivity index (χ2n) is 6.35. The number of nitrogens with zero attached hydrogens (tertiary/aromatic N) is 2. The van der Waals surface area contributed by atoms with E-state index < -0.39 is 0 Å². The first kappa shape index (κ1) is 21.6. The quantitative estimate of drug-likeness (QED) is 0.383. The van der Waals surface area contributed by atoms with Crippen molar-refractivity contribution in [2.45, 2.75) is 39.8 Å². The molecule has 2 N–H and O–H groups in total. The third kappa shape index (κ3) is 6.46. The lowest BCUT2D eigenvalue weighted by molar-refractivity contribution is 0.330. The number of nitrogens with one attached hydrogen (secondary N) is 2. The van der Waals surface area contributed by atoms with Gasteiger partial charge in [-0.05, 0) is 30.5 Å². The molecule has 0 unspecified atom stereocenters. The Morgan fingerprint density at radius 3 is 2.79 bits per heavy atom. The molecule has 0 radical (unpaired) electrons. The summed E-state index contributed by atoms with van der Waals surface area (Å²) in [5.41, 5.74) is 2.13. The Morgan fingerprint density at radius 1 is 1.32 bits per heavy atom. The molecule has 0 spiro atoms. The van der Waals surface area contributed by atoms with Gasteiger partial charge >= 0.3 is 0 Å². The standard InChI is InChI=1S/C21H28N4O2S/c1-6-10-27-19-11-16(8-9-18(19)26-5)12-23-21(22-7-2)24-13-20-25-17(14-28-20)15(3)4/h1,8-9,11,14-15H,7,10,12-13H2,2-5H3,(H2,22,23,24). The Bertz CT molecular complexity index is 824. The van der Waals surface area contributed by atoms with Gasteiger partial charge in [0.15, 0.2) is 17.5 Å². The summed E-state index contributed by atoms with van der Waals surface area (Å²) in [5, 5.41) is 9.75. The second kappa shape index (κ2) is 11.2. The van der Waals surface area contributed by atoms with Crippen molar-refractivity contribution in [2.75, 3.05) is 20.3 Å². The topological polar surface area (TPSA) is 67.8 Å². The average molecular weight is 401 g/mol. The number of terminal acetylenes is 1. The van der Waals surface area contributed by atoms with Gasteiger partial charge in [0, 0.05) is 11.9 Å². The van der Waals surface area contributed by atoms with Crippen LogP contribution in [-0.4, -0.2) is 31.2 Å². The van der Waals surface area contributed by atoms with Gasteiger partial charge in [-0.2, -0.15) is 0 Å². The molecule has 2 rings (SSSR count). The first-order valence-corrected chi connectivity index (χ1v) is 10.1. The van der Waals surface area contributed by atoms with Crippen molar-refractivity contribution in [3.05, 3.63) is 39.8 Å². The minimum atomic E-state index is 0.194. The smallest absolute Gasteiger partial charge is 0.191 e. The molecule has 0 aliphatic heterocycles. The molecule has 0 aliphatic carbocycles. The minimum Gasteiger partial charge on any atom is -0.493 e. The van der Waals surface area contributed by atoms with E-state index in [0.29, 0.717) is 30.5 Å². The van der Waals surface area contributed by atoms with Crippen LogP contribution in [0.1, 0.15) is 43.0 Å². The highest BCUT2D eigenvalue weighted by Crippen LogP contribution is 2.28. The zero-order chi connectivity index (χ0) is 20.4. The highest BCUT2D eigenvalue weighted by atomic mass is 32.1. The van der Waals surface area contributed by atoms with E-state index in [1.54, 1.807) is 18.4 Å². The first-order valence-electron chi connectivity index (χ1n) is 9.27. The van der Waals surface area contributed by atoms with Crippen LogP contribution in [0.2, 0.25) is 0 Å². The summed E-state index contributed by atoms with van der Waals surface area (Å²) in [4.78, 5) is 9.30. The van der Waals surface area contributed by atoms with E-state index in [1.807, 2.05) is 25.1 Å². The highest BCUT2D eigenvalue weighted by molar-refractivity contribution is 7.09. The number of guanidine groups is 1. The molecule has 150 valence electrons. The van der Waals surface area contributed by atoms with Gasteiger partial charge in [0.1, 0.15) is 11.6 Å². The van der Waals surface area contributed by atoms with E-state index in [4.69, 9.17) is 15.9 Å². The van der Waals surface area contributed by atoms with E-state index in [1.165, 1.54) is 0 Å². The summed E-state index contributed by atoms with van der Waals surface area (Å²) in [5.74, 6) is 4.91. The Kier molecular flexibility index (Phi) is 8.63. The molecule has 2 aromatic rings. The van der Waals surface area contributed by atoms with Gasteiger partial charge in [-0.1, -0.05) is 25.8 Å². The van der Waals surface area contributed by atoms with Gasteiger partial charge in [0.2, 0.25) is 0 Å². The maximum atomic E-state index is 5.55. The van der Waals surface area contributed by atoms with Crippen molar-refractivity contribution in [2.24, 2.45) is 4.99 Å². The third-order valence-electron chi connectivity index (χ3n) is 3.87. The van der Waals surface area contributed by atoms with E-state index in [2.05, 4.69) is 45.8 Å². The van der Waals surface area contributed by atoms with Crippen LogP contribution in [0.25, 0.3) is 0 Å². The average Bonchev–Trinajstić information content (AvgIpc) is 3.18. The molecule has 0 amide bonds. The molecule has 0 atom stereocenters. The molecule has 0 fully saturated rings. The lowest BCUT2D eigenvalue weighted by atomic mass is 10.2. The van der Waals surface area contributed by atoms with Gasteiger partial charge in [-0.15, -0.1) is 17.8 Å². The van der Waals surface area contributed by atoms with Gasteiger partial charge in [0.25, 0.3) is 0 Å². The molecular formula is C21H28N4O2S. The van der Waals surface area contributed by atoms with Crippen molar-refractivity contribution in [3.8, 4) is 23.8 Å². The molecular weight excluding hydrogens is 372 g/mol. The molecule has 7 heteroatoms. The van der Waals surface area contributed by atoms with Crippen LogP contribution in [-0.2, 0) is 13.1 Å². The van der Waals surface area contributed by atoms with Crippen molar-refractivity contribution in [3.63, 3.8) is 0 Å². The fourth-order valence-corrected chi connectivity index (χ4v) is 3.29. The lowest BCUT2D eigenvalue weighted by Gasteiger charge is -2.12. The normalized spacial score (nSPS) is 11.2. The molecule has 0 saturated heterocycles. The molecule has 28 heavy (non-hydrogen) atoms. The number of benzene rings is 1. The molecule has 0 bridgehead atoms. The molecule has 0 aliphatic rings. The van der Waals surface area contributed by atoms with Crippen molar-refractivity contribution >= 4 is 17.3 Å².